The highest BCUT2D eigenvalue weighted by Gasteiger charge is 2.49. The highest BCUT2D eigenvalue weighted by Crippen LogP contribution is 2.48. The third kappa shape index (κ3) is 8.20. The summed E-state index contributed by atoms with van der Waals surface area (Å²) in [5.41, 5.74) is 1.59. The number of esters is 1. The molecule has 5 rings (SSSR count). The summed E-state index contributed by atoms with van der Waals surface area (Å²) in [4.78, 5) is 43.8. The minimum Gasteiger partial charge on any atom is -0.456 e. The van der Waals surface area contributed by atoms with Gasteiger partial charge in [0.2, 0.25) is 15.9 Å². The third-order valence-electron chi connectivity index (χ3n) is 8.42. The van der Waals surface area contributed by atoms with Gasteiger partial charge in [-0.25, -0.2) is 17.9 Å². The lowest BCUT2D eigenvalue weighted by Crippen LogP contribution is -2.59. The average molecular weight is 721 g/mol. The van der Waals surface area contributed by atoms with Crippen LogP contribution in [0.5, 0.6) is 0 Å². The minimum absolute atomic E-state index is 0.223. The number of fused-ring (bicyclic) bond motifs is 1. The summed E-state index contributed by atoms with van der Waals surface area (Å²) in [6, 6.07) is 11.9. The normalized spacial score (nSPS) is 21.7. The molecule has 2 heterocycles. The van der Waals surface area contributed by atoms with Crippen molar-refractivity contribution in [3.63, 3.8) is 0 Å². The van der Waals surface area contributed by atoms with Gasteiger partial charge in [0.1, 0.15) is 10.5 Å². The van der Waals surface area contributed by atoms with Gasteiger partial charge in [0.05, 0.1) is 18.2 Å². The summed E-state index contributed by atoms with van der Waals surface area (Å²) >= 11 is 14.4. The van der Waals surface area contributed by atoms with Crippen molar-refractivity contribution in [2.75, 3.05) is 12.8 Å². The quantitative estimate of drug-likeness (QED) is 0.243. The number of hydrogen-bond acceptors (Lipinski definition) is 7. The van der Waals surface area contributed by atoms with Crippen LogP contribution >= 0.6 is 34.5 Å². The van der Waals surface area contributed by atoms with Gasteiger partial charge in [0.15, 0.2) is 0 Å². The zero-order chi connectivity index (χ0) is 34.1. The van der Waals surface area contributed by atoms with Gasteiger partial charge < -0.3 is 15.0 Å². The maximum atomic E-state index is 14.4. The van der Waals surface area contributed by atoms with Crippen molar-refractivity contribution in [3.05, 3.63) is 91.1 Å². The molecule has 2 amide bonds. The number of nitrogens with zero attached hydrogens (tertiary/aromatic N) is 1. The molecule has 0 unspecified atom stereocenters. The van der Waals surface area contributed by atoms with Gasteiger partial charge >= 0.3 is 5.97 Å². The summed E-state index contributed by atoms with van der Waals surface area (Å²) < 4.78 is 33.2. The molecule has 47 heavy (non-hydrogen) atoms. The van der Waals surface area contributed by atoms with Crippen LogP contribution in [0, 0.1) is 0 Å². The Morgan fingerprint density at radius 2 is 1.77 bits per heavy atom. The van der Waals surface area contributed by atoms with Gasteiger partial charge in [-0.3, -0.25) is 9.59 Å². The molecule has 1 fully saturated rings. The fourth-order valence-electron chi connectivity index (χ4n) is 6.59. The predicted molar refractivity (Wildman–Crippen MR) is 185 cm³/mol. The lowest BCUT2D eigenvalue weighted by atomic mass is 9.76. The Bertz CT molecular complexity index is 1770. The molecule has 13 heteroatoms. The number of carbonyl (C=O) groups is 3. The van der Waals surface area contributed by atoms with E-state index in [1.807, 2.05) is 32.2 Å². The molecule has 1 aliphatic carbocycles. The Morgan fingerprint density at radius 1 is 1.04 bits per heavy atom. The van der Waals surface area contributed by atoms with Crippen molar-refractivity contribution < 1.29 is 27.5 Å². The van der Waals surface area contributed by atoms with Crippen LogP contribution in [-0.2, 0) is 26.0 Å². The Balaban J connectivity index is 1.52. The molecule has 1 saturated carbocycles. The van der Waals surface area contributed by atoms with Gasteiger partial charge in [-0.15, -0.1) is 11.3 Å². The van der Waals surface area contributed by atoms with Crippen molar-refractivity contribution in [2.24, 2.45) is 0 Å². The monoisotopic (exact) mass is 719 g/mol. The number of hydrogen-bond donors (Lipinski definition) is 2. The highest BCUT2D eigenvalue weighted by atomic mass is 35.5. The zero-order valence-corrected chi connectivity index (χ0v) is 29.9. The minimum atomic E-state index is -3.60. The molecule has 3 aromatic rings. The predicted octanol–water partition coefficient (Wildman–Crippen LogP) is 6.51. The summed E-state index contributed by atoms with van der Waals surface area (Å²) in [6.45, 7) is 5.65. The first-order valence-corrected chi connectivity index (χ1v) is 19.1. The average Bonchev–Trinajstić information content (AvgIpc) is 3.45. The number of halogens is 2. The molecular weight excluding hydrogens is 681 g/mol. The Kier molecular flexibility index (Phi) is 10.7. The summed E-state index contributed by atoms with van der Waals surface area (Å²) in [6.07, 6.45) is 4.17. The molecule has 2 aromatic carbocycles. The number of benzene rings is 2. The molecule has 2 N–H and O–H groups in total. The molecule has 0 bridgehead atoms. The van der Waals surface area contributed by atoms with E-state index in [-0.39, 0.29) is 18.4 Å². The molecule has 9 nitrogen and oxygen atoms in total. The van der Waals surface area contributed by atoms with E-state index in [0.29, 0.717) is 50.9 Å². The maximum Gasteiger partial charge on any atom is 0.349 e. The molecule has 2 aliphatic rings. The topological polar surface area (TPSA) is 122 Å². The van der Waals surface area contributed by atoms with Crippen LogP contribution in [-0.4, -0.2) is 61.6 Å². The number of carbonyl (C=O) groups excluding carboxylic acids is 3. The van der Waals surface area contributed by atoms with Crippen LogP contribution in [0.2, 0.25) is 10.0 Å². The lowest BCUT2D eigenvalue weighted by Gasteiger charge is -2.49. The van der Waals surface area contributed by atoms with Gasteiger partial charge in [-0.1, -0.05) is 60.3 Å². The standard InChI is InChI=1S/C34H39Cl2N3O6S2/c1-34(2,3)45-33(42)30-20(16-18-46-30)15-17-37-31(40)28-22-9-5-6-10-23(22)32(41)39(29(28)24-14-13-21(35)19-25(24)36)27-12-8-7-11-26(27)38-47(4,43)44/h5-6,9-10,13-14,16,18-19,26-29,38H,7-8,11-12,15,17H2,1-4H3,(H,37,40)/t26-,27-,28+,29-/m0/s1. The molecule has 0 saturated heterocycles. The number of sulfonamides is 1. The molecular formula is C34H39Cl2N3O6S2. The number of nitrogens with one attached hydrogen (secondary N) is 2. The van der Waals surface area contributed by atoms with E-state index in [9.17, 15) is 22.8 Å². The Labute approximate surface area is 290 Å². The van der Waals surface area contributed by atoms with Crippen molar-refractivity contribution in [3.8, 4) is 0 Å². The van der Waals surface area contributed by atoms with Crippen LogP contribution in [0.25, 0.3) is 0 Å². The zero-order valence-electron chi connectivity index (χ0n) is 26.7. The fourth-order valence-corrected chi connectivity index (χ4v) is 8.77. The van der Waals surface area contributed by atoms with E-state index < -0.39 is 45.6 Å². The van der Waals surface area contributed by atoms with Gasteiger partial charge in [-0.05, 0) is 86.4 Å². The van der Waals surface area contributed by atoms with E-state index >= 15 is 0 Å². The molecule has 0 spiro atoms. The van der Waals surface area contributed by atoms with Gasteiger partial charge in [-0.2, -0.15) is 0 Å². The number of ether oxygens (including phenoxy) is 1. The molecule has 4 atom stereocenters. The SMILES string of the molecule is CC(C)(C)OC(=O)c1sccc1CCNC(=O)[C@@H]1c2ccccc2C(=O)N([C@H]2CCCC[C@@H]2NS(C)(=O)=O)[C@H]1c1ccc(Cl)cc1Cl. The second kappa shape index (κ2) is 14.3. The smallest absolute Gasteiger partial charge is 0.349 e. The van der Waals surface area contributed by atoms with Crippen molar-refractivity contribution in [2.45, 2.75) is 82.5 Å². The highest BCUT2D eigenvalue weighted by molar-refractivity contribution is 7.88. The Hall–Kier alpha value is -2.96. The first-order valence-electron chi connectivity index (χ1n) is 15.6. The second-order valence-corrected chi connectivity index (χ2v) is 16.6. The Morgan fingerprint density at radius 3 is 2.47 bits per heavy atom. The van der Waals surface area contributed by atoms with Crippen molar-refractivity contribution >= 4 is 62.3 Å². The van der Waals surface area contributed by atoms with Crippen molar-refractivity contribution in [1.29, 1.82) is 0 Å². The van der Waals surface area contributed by atoms with Crippen LogP contribution < -0.4 is 10.0 Å². The van der Waals surface area contributed by atoms with E-state index in [2.05, 4.69) is 10.0 Å². The van der Waals surface area contributed by atoms with E-state index in [1.54, 1.807) is 47.4 Å². The van der Waals surface area contributed by atoms with E-state index in [0.717, 1.165) is 24.7 Å². The number of amides is 2. The summed E-state index contributed by atoms with van der Waals surface area (Å²) in [5.74, 6) is -1.92. The lowest BCUT2D eigenvalue weighted by molar-refractivity contribution is -0.124. The second-order valence-electron chi connectivity index (χ2n) is 13.1. The summed E-state index contributed by atoms with van der Waals surface area (Å²) in [5, 5.41) is 5.57. The summed E-state index contributed by atoms with van der Waals surface area (Å²) in [7, 11) is -3.60. The molecule has 252 valence electrons. The van der Waals surface area contributed by atoms with Crippen LogP contribution in [0.3, 0.4) is 0 Å². The maximum absolute atomic E-state index is 14.4. The van der Waals surface area contributed by atoms with Gasteiger partial charge in [0, 0.05) is 34.2 Å². The molecule has 1 aliphatic heterocycles. The first kappa shape index (κ1) is 35.3. The van der Waals surface area contributed by atoms with E-state index in [1.165, 1.54) is 11.3 Å². The molecule has 0 radical (unpaired) electrons. The van der Waals surface area contributed by atoms with Crippen LogP contribution in [0.4, 0.5) is 0 Å². The first-order chi connectivity index (χ1) is 22.1. The van der Waals surface area contributed by atoms with Crippen LogP contribution in [0.1, 0.15) is 95.1 Å². The largest absolute Gasteiger partial charge is 0.456 e. The van der Waals surface area contributed by atoms with Crippen molar-refractivity contribution in [1.82, 2.24) is 14.9 Å². The van der Waals surface area contributed by atoms with Gasteiger partial charge in [0.25, 0.3) is 5.91 Å². The number of rotatable bonds is 9. The van der Waals surface area contributed by atoms with E-state index in [4.69, 9.17) is 27.9 Å². The third-order valence-corrected chi connectivity index (χ3v) is 10.6. The number of thiophene rings is 1. The van der Waals surface area contributed by atoms with Crippen LogP contribution in [0.15, 0.2) is 53.9 Å². The fraction of sp³-hybridized carbons (Fsp3) is 0.441. The molecule has 1 aromatic heterocycles.